The molecule has 250 valence electrons. The minimum atomic E-state index is -4.78. The van der Waals surface area contributed by atoms with E-state index in [1.807, 2.05) is 0 Å². The summed E-state index contributed by atoms with van der Waals surface area (Å²) in [6.07, 6.45) is -9.57. The molecule has 0 fully saturated rings. The summed E-state index contributed by atoms with van der Waals surface area (Å²) in [7, 11) is 0. The van der Waals surface area contributed by atoms with E-state index in [1.54, 1.807) is 12.1 Å². The van der Waals surface area contributed by atoms with Crippen LogP contribution in [0.5, 0.6) is 0 Å². The molecule has 1 heterocycles. The lowest BCUT2D eigenvalue weighted by molar-refractivity contribution is -0.138. The first-order valence-corrected chi connectivity index (χ1v) is 14.7. The van der Waals surface area contributed by atoms with Gasteiger partial charge in [0.1, 0.15) is 11.6 Å². The number of fused-ring (bicyclic) bond motifs is 6. The van der Waals surface area contributed by atoms with Crippen LogP contribution in [0.15, 0.2) is 84.2 Å². The highest BCUT2D eigenvalue weighted by atomic mass is 19.4. The van der Waals surface area contributed by atoms with Crippen LogP contribution in [0.4, 0.5) is 35.1 Å². The van der Waals surface area contributed by atoms with Crippen molar-refractivity contribution in [1.82, 2.24) is 9.97 Å². The lowest BCUT2D eigenvalue weighted by Crippen LogP contribution is -2.05. The Morgan fingerprint density at radius 3 is 1.19 bits per heavy atom. The fraction of sp³-hybridized carbons (Fsp3) is 0.0526. The van der Waals surface area contributed by atoms with E-state index in [4.69, 9.17) is 23.1 Å². The molecule has 52 heavy (non-hydrogen) atoms. The fourth-order valence-corrected chi connectivity index (χ4v) is 6.27. The van der Waals surface area contributed by atoms with E-state index in [-0.39, 0.29) is 67.3 Å². The third-order valence-corrected chi connectivity index (χ3v) is 8.58. The Balaban J connectivity index is 1.43. The predicted molar refractivity (Wildman–Crippen MR) is 170 cm³/mol. The van der Waals surface area contributed by atoms with Crippen molar-refractivity contribution in [2.24, 2.45) is 0 Å². The molecule has 2 aliphatic rings. The van der Waals surface area contributed by atoms with E-state index < -0.39 is 46.5 Å². The molecule has 0 spiro atoms. The van der Waals surface area contributed by atoms with Crippen molar-refractivity contribution < 1.29 is 35.1 Å². The number of nitrogens with zero attached hydrogens (tertiary/aromatic N) is 6. The number of hydrogen-bond donors (Lipinski definition) is 0. The van der Waals surface area contributed by atoms with Crippen LogP contribution in [0.1, 0.15) is 33.6 Å². The molecule has 0 aliphatic heterocycles. The minimum absolute atomic E-state index is 0.0000748. The van der Waals surface area contributed by atoms with Crippen LogP contribution in [0, 0.1) is 47.4 Å². The van der Waals surface area contributed by atoms with Gasteiger partial charge in [0.05, 0.1) is 59.2 Å². The molecule has 0 radical (unpaired) electrons. The lowest BCUT2D eigenvalue weighted by atomic mass is 9.96. The van der Waals surface area contributed by atoms with Gasteiger partial charge in [0.25, 0.3) is 11.4 Å². The maximum absolute atomic E-state index is 15.0. The molecule has 14 heteroatoms. The first-order chi connectivity index (χ1) is 24.7. The average Bonchev–Trinajstić information content (AvgIpc) is 3.59. The molecule has 0 N–H and O–H groups in total. The number of nitriles is 2. The topological polar surface area (TPSA) is 82.1 Å². The summed E-state index contributed by atoms with van der Waals surface area (Å²) in [5, 5.41) is 19.8. The molecule has 2 aliphatic carbocycles. The van der Waals surface area contributed by atoms with E-state index in [0.29, 0.717) is 23.3 Å². The Bertz CT molecular complexity index is 2460. The third kappa shape index (κ3) is 5.14. The highest BCUT2D eigenvalue weighted by molar-refractivity contribution is 6.07. The SMILES string of the molecule is [C-]#[N+]/C(C#N)=C1/c2cc(-c3ccc(C(F)(F)F)cc3F)ccc2-c2nc3c(nc21)-c1ccc(-c2ccc(C(F)(F)F)cc2F)cc1/C3=C(/C#N)[N+]#[C-]. The van der Waals surface area contributed by atoms with Gasteiger partial charge in [-0.25, -0.2) is 39.0 Å². The highest BCUT2D eigenvalue weighted by Gasteiger charge is 2.37. The number of hydrogen-bond acceptors (Lipinski definition) is 4. The number of alkyl halides is 6. The van der Waals surface area contributed by atoms with Gasteiger partial charge >= 0.3 is 12.4 Å². The average molecular weight is 705 g/mol. The van der Waals surface area contributed by atoms with Gasteiger partial charge in [0.2, 0.25) is 0 Å². The second-order valence-electron chi connectivity index (χ2n) is 11.4. The lowest BCUT2D eigenvalue weighted by Gasteiger charge is -2.11. The Hall–Kier alpha value is -7.16. The minimum Gasteiger partial charge on any atom is -0.245 e. The quantitative estimate of drug-likeness (QED) is 0.102. The van der Waals surface area contributed by atoms with Gasteiger partial charge in [-0.1, -0.05) is 36.4 Å². The second kappa shape index (κ2) is 11.7. The Morgan fingerprint density at radius 2 is 0.885 bits per heavy atom. The molecule has 0 amide bonds. The van der Waals surface area contributed by atoms with Gasteiger partial charge in [0, 0.05) is 33.4 Å². The van der Waals surface area contributed by atoms with E-state index >= 15 is 8.78 Å². The maximum atomic E-state index is 15.0. The molecular weight excluding hydrogens is 692 g/mol. The first-order valence-electron chi connectivity index (χ1n) is 14.7. The van der Waals surface area contributed by atoms with E-state index in [9.17, 15) is 36.9 Å². The summed E-state index contributed by atoms with van der Waals surface area (Å²) in [5.74, 6) is -2.33. The van der Waals surface area contributed by atoms with E-state index in [2.05, 4.69) is 9.69 Å². The number of benzene rings is 4. The van der Waals surface area contributed by atoms with Crippen LogP contribution >= 0.6 is 0 Å². The number of halogens is 8. The Kier molecular flexibility index (Phi) is 7.52. The van der Waals surface area contributed by atoms with Crippen molar-refractivity contribution in [3.8, 4) is 56.9 Å². The van der Waals surface area contributed by atoms with Crippen molar-refractivity contribution in [2.45, 2.75) is 12.4 Å². The van der Waals surface area contributed by atoms with E-state index in [0.717, 1.165) is 24.3 Å². The molecule has 0 bridgehead atoms. The van der Waals surface area contributed by atoms with Gasteiger partial charge in [-0.3, -0.25) is 0 Å². The van der Waals surface area contributed by atoms with Gasteiger partial charge in [-0.2, -0.15) is 26.3 Å². The molecule has 1 aromatic heterocycles. The summed E-state index contributed by atoms with van der Waals surface area (Å²) in [5.41, 5.74) is -2.06. The normalized spacial score (nSPS) is 14.5. The maximum Gasteiger partial charge on any atom is 0.416 e. The molecule has 7 rings (SSSR count). The Morgan fingerprint density at radius 1 is 0.519 bits per heavy atom. The van der Waals surface area contributed by atoms with Crippen molar-refractivity contribution >= 4 is 11.1 Å². The summed E-state index contributed by atoms with van der Waals surface area (Å²) >= 11 is 0. The van der Waals surface area contributed by atoms with Crippen molar-refractivity contribution in [3.63, 3.8) is 0 Å². The van der Waals surface area contributed by atoms with Crippen LogP contribution in [-0.4, -0.2) is 9.97 Å². The zero-order valence-corrected chi connectivity index (χ0v) is 25.6. The van der Waals surface area contributed by atoms with Crippen molar-refractivity contribution in [2.75, 3.05) is 0 Å². The van der Waals surface area contributed by atoms with Crippen LogP contribution < -0.4 is 0 Å². The monoisotopic (exact) mass is 704 g/mol. The zero-order valence-electron chi connectivity index (χ0n) is 25.6. The van der Waals surface area contributed by atoms with Crippen LogP contribution in [0.2, 0.25) is 0 Å². The predicted octanol–water partition coefficient (Wildman–Crippen LogP) is 10.5. The van der Waals surface area contributed by atoms with Crippen LogP contribution in [0.25, 0.3) is 65.6 Å². The zero-order chi connectivity index (χ0) is 37.3. The summed E-state index contributed by atoms with van der Waals surface area (Å²) < 4.78 is 109. The molecule has 0 saturated carbocycles. The van der Waals surface area contributed by atoms with Crippen LogP contribution in [0.3, 0.4) is 0 Å². The van der Waals surface area contributed by atoms with Crippen LogP contribution in [-0.2, 0) is 12.4 Å². The van der Waals surface area contributed by atoms with Gasteiger partial charge in [0.15, 0.2) is 0 Å². The molecule has 5 aromatic rings. The number of allylic oxidation sites excluding steroid dienone is 2. The molecule has 4 aromatic carbocycles. The first kappa shape index (κ1) is 33.3. The molecule has 0 atom stereocenters. The molecule has 0 unspecified atom stereocenters. The highest BCUT2D eigenvalue weighted by Crippen LogP contribution is 2.52. The third-order valence-electron chi connectivity index (χ3n) is 8.58. The summed E-state index contributed by atoms with van der Waals surface area (Å²) in [6, 6.07) is 16.2. The summed E-state index contributed by atoms with van der Waals surface area (Å²) in [4.78, 5) is 16.2. The molecule has 6 nitrogen and oxygen atoms in total. The summed E-state index contributed by atoms with van der Waals surface area (Å²) in [6.45, 7) is 15.4. The second-order valence-corrected chi connectivity index (χ2v) is 11.4. The standard InChI is InChI=1S/C38H12F8N6/c1-49-29(15-47)31-25-11-17(21-9-5-19(13-27(21)39)37(41,42)43)3-7-23(25)33-35(31)51-34-24-8-4-18(22-10-6-20(14-28(22)40)38(44,45)46)12-26(24)32(36(34)52-33)30(16-48)50-2/h3-14H/b31-29-,32-30+. The molecule has 0 saturated heterocycles. The van der Waals surface area contributed by atoms with Crippen molar-refractivity contribution in [1.29, 1.82) is 10.5 Å². The largest absolute Gasteiger partial charge is 0.416 e. The molecular formula is C38H12F8N6. The van der Waals surface area contributed by atoms with Gasteiger partial charge in [-0.15, -0.1) is 0 Å². The van der Waals surface area contributed by atoms with E-state index in [1.165, 1.54) is 36.4 Å². The number of rotatable bonds is 2. The van der Waals surface area contributed by atoms with Crippen molar-refractivity contribution in [3.05, 3.63) is 152 Å². The Labute approximate surface area is 288 Å². The smallest absolute Gasteiger partial charge is 0.245 e. The number of aromatic nitrogens is 2. The fourth-order valence-electron chi connectivity index (χ4n) is 6.27. The van der Waals surface area contributed by atoms with Gasteiger partial charge in [-0.05, 0) is 58.7 Å². The van der Waals surface area contributed by atoms with Gasteiger partial charge < -0.3 is 0 Å².